The number of alkyl carbamates (subject to hydrolysis) is 1. The smallest absolute Gasteiger partial charge is 0.407 e. The van der Waals surface area contributed by atoms with Crippen molar-refractivity contribution in [1.29, 1.82) is 0 Å². The second-order valence-electron chi connectivity index (χ2n) is 5.48. The van der Waals surface area contributed by atoms with E-state index in [1.165, 1.54) is 7.11 Å². The van der Waals surface area contributed by atoms with E-state index in [1.807, 2.05) is 13.8 Å². The molecule has 0 radical (unpaired) electrons. The number of carbonyl (C=O) groups is 3. The van der Waals surface area contributed by atoms with Gasteiger partial charge >= 0.3 is 12.1 Å². The first-order valence-corrected chi connectivity index (χ1v) is 7.93. The Bertz CT molecular complexity index is 480. The van der Waals surface area contributed by atoms with Crippen LogP contribution in [0.5, 0.6) is 0 Å². The number of carbonyl (C=O) groups excluding carboxylic acids is 3. The van der Waals surface area contributed by atoms with E-state index in [-0.39, 0.29) is 31.6 Å². The molecule has 1 aliphatic heterocycles. The molecule has 1 unspecified atom stereocenters. The number of esters is 1. The van der Waals surface area contributed by atoms with Gasteiger partial charge in [0.15, 0.2) is 0 Å². The molecule has 0 bridgehead atoms. The van der Waals surface area contributed by atoms with E-state index in [0.29, 0.717) is 6.42 Å². The number of nitrogens with zero attached hydrogens (tertiary/aromatic N) is 1. The van der Waals surface area contributed by atoms with Crippen LogP contribution in [0.1, 0.15) is 39.5 Å². The highest BCUT2D eigenvalue weighted by atomic mass is 16.6. The van der Waals surface area contributed by atoms with Gasteiger partial charge in [0.1, 0.15) is 12.1 Å². The van der Waals surface area contributed by atoms with Crippen molar-refractivity contribution in [3.63, 3.8) is 0 Å². The van der Waals surface area contributed by atoms with Crippen LogP contribution in [0.25, 0.3) is 0 Å². The molecule has 24 heavy (non-hydrogen) atoms. The van der Waals surface area contributed by atoms with Gasteiger partial charge in [0.25, 0.3) is 0 Å². The van der Waals surface area contributed by atoms with Gasteiger partial charge in [-0.25, -0.2) is 9.59 Å². The van der Waals surface area contributed by atoms with E-state index in [1.54, 1.807) is 0 Å². The minimum Gasteiger partial charge on any atom is -0.467 e. The first kappa shape index (κ1) is 19.7. The fourth-order valence-corrected chi connectivity index (χ4v) is 2.00. The lowest BCUT2D eigenvalue weighted by atomic mass is 10.1. The minimum absolute atomic E-state index is 0.0963. The molecule has 0 fully saturated rings. The van der Waals surface area contributed by atoms with Crippen molar-refractivity contribution in [2.45, 2.75) is 51.7 Å². The lowest BCUT2D eigenvalue weighted by molar-refractivity contribution is -0.143. The molecule has 0 spiro atoms. The summed E-state index contributed by atoms with van der Waals surface area (Å²) < 4.78 is 9.54. The summed E-state index contributed by atoms with van der Waals surface area (Å²) in [5, 5.41) is 8.72. The van der Waals surface area contributed by atoms with Gasteiger partial charge in [0.2, 0.25) is 5.91 Å². The molecule has 0 aromatic heterocycles. The van der Waals surface area contributed by atoms with Gasteiger partial charge in [-0.3, -0.25) is 4.79 Å². The number of ether oxygens (including phenoxy) is 2. The van der Waals surface area contributed by atoms with Gasteiger partial charge in [-0.05, 0) is 13.3 Å². The third-order valence-electron chi connectivity index (χ3n) is 3.31. The molecule has 2 atom stereocenters. The molecule has 2 N–H and O–H groups in total. The normalized spacial score (nSPS) is 17.3. The molecule has 0 aromatic rings. The minimum atomic E-state index is -1.02. The molecule has 2 amide bonds. The third-order valence-corrected chi connectivity index (χ3v) is 3.31. The Morgan fingerprint density at radius 3 is 2.75 bits per heavy atom. The molecule has 9 heteroatoms. The lowest BCUT2D eigenvalue weighted by Gasteiger charge is -2.17. The fourth-order valence-electron chi connectivity index (χ4n) is 2.00. The second kappa shape index (κ2) is 10.5. The van der Waals surface area contributed by atoms with Crippen LogP contribution in [0.15, 0.2) is 5.16 Å². The maximum Gasteiger partial charge on any atom is 0.407 e. The highest BCUT2D eigenvalue weighted by molar-refractivity contribution is 5.85. The zero-order valence-corrected chi connectivity index (χ0v) is 14.3. The van der Waals surface area contributed by atoms with Crippen LogP contribution in [0, 0.1) is 0 Å². The van der Waals surface area contributed by atoms with Crippen molar-refractivity contribution >= 4 is 23.7 Å². The average Bonchev–Trinajstić information content (AvgIpc) is 2.95. The van der Waals surface area contributed by atoms with Crippen LogP contribution in [0.2, 0.25) is 0 Å². The number of unbranched alkanes of at least 4 members (excludes halogenated alkanes) is 1. The molecular formula is C15H25N3O6. The number of oxime groups is 1. The fraction of sp³-hybridized carbons (Fsp3) is 0.733. The van der Waals surface area contributed by atoms with Crippen molar-refractivity contribution < 1.29 is 28.7 Å². The van der Waals surface area contributed by atoms with Crippen molar-refractivity contribution in [3.8, 4) is 0 Å². The molecule has 1 heterocycles. The Hall–Kier alpha value is -2.32. The maximum atomic E-state index is 11.9. The van der Waals surface area contributed by atoms with Gasteiger partial charge in [0, 0.05) is 13.0 Å². The summed E-state index contributed by atoms with van der Waals surface area (Å²) in [6.07, 6.45) is 1.31. The quantitative estimate of drug-likeness (QED) is 0.471. The summed E-state index contributed by atoms with van der Waals surface area (Å²) in [6, 6.07) is -1.02. The molecule has 0 aromatic carbocycles. The summed E-state index contributed by atoms with van der Waals surface area (Å²) in [5.41, 5.74) is 0.830. The molecule has 136 valence electrons. The molecule has 1 rings (SSSR count). The first-order valence-electron chi connectivity index (χ1n) is 7.93. The van der Waals surface area contributed by atoms with Crippen molar-refractivity contribution in [1.82, 2.24) is 10.6 Å². The predicted molar refractivity (Wildman–Crippen MR) is 85.4 cm³/mol. The number of nitrogens with one attached hydrogen (secondary N) is 2. The largest absolute Gasteiger partial charge is 0.467 e. The maximum absolute atomic E-state index is 11.9. The summed E-state index contributed by atoms with van der Waals surface area (Å²) in [6.45, 7) is 3.95. The van der Waals surface area contributed by atoms with Gasteiger partial charge < -0.3 is 24.9 Å². The van der Waals surface area contributed by atoms with E-state index < -0.39 is 18.1 Å². The lowest BCUT2D eigenvalue weighted by Crippen LogP contribution is -2.49. The highest BCUT2D eigenvalue weighted by Crippen LogP contribution is 2.13. The number of methoxy groups -OCH3 is 1. The summed E-state index contributed by atoms with van der Waals surface area (Å²) >= 11 is 0. The molecule has 1 aliphatic rings. The van der Waals surface area contributed by atoms with Crippen molar-refractivity contribution in [3.05, 3.63) is 0 Å². The van der Waals surface area contributed by atoms with Crippen molar-refractivity contribution in [2.24, 2.45) is 5.16 Å². The van der Waals surface area contributed by atoms with E-state index in [0.717, 1.165) is 18.6 Å². The Balaban J connectivity index is 2.38. The zero-order chi connectivity index (χ0) is 17.9. The van der Waals surface area contributed by atoms with Crippen LogP contribution in [0.3, 0.4) is 0 Å². The first-order chi connectivity index (χ1) is 11.5. The molecule has 0 saturated heterocycles. The Kier molecular flexibility index (Phi) is 8.59. The van der Waals surface area contributed by atoms with E-state index in [4.69, 9.17) is 9.57 Å². The van der Waals surface area contributed by atoms with E-state index in [2.05, 4.69) is 20.5 Å². The third kappa shape index (κ3) is 7.30. The molecule has 9 nitrogen and oxygen atoms in total. The Morgan fingerprint density at radius 2 is 2.17 bits per heavy atom. The summed E-state index contributed by atoms with van der Waals surface area (Å²) in [4.78, 5) is 40.3. The number of hydrogen-bond donors (Lipinski definition) is 2. The highest BCUT2D eigenvalue weighted by Gasteiger charge is 2.25. The SMILES string of the molecule is CCCCOC(=O)NC(CNC(=O)C[C@H]1CC(C)=NO1)C(=O)OC. The van der Waals surface area contributed by atoms with Gasteiger partial charge in [0.05, 0.1) is 25.8 Å². The number of hydrogen-bond acceptors (Lipinski definition) is 7. The monoisotopic (exact) mass is 343 g/mol. The zero-order valence-electron chi connectivity index (χ0n) is 14.3. The van der Waals surface area contributed by atoms with Crippen LogP contribution in [-0.2, 0) is 23.9 Å². The molecule has 0 aliphatic carbocycles. The van der Waals surface area contributed by atoms with Crippen LogP contribution in [0.4, 0.5) is 4.79 Å². The number of amides is 2. The summed E-state index contributed by atoms with van der Waals surface area (Å²) in [7, 11) is 1.20. The topological polar surface area (TPSA) is 115 Å². The Labute approximate surface area is 141 Å². The van der Waals surface area contributed by atoms with E-state index in [9.17, 15) is 14.4 Å². The van der Waals surface area contributed by atoms with Gasteiger partial charge in [-0.1, -0.05) is 18.5 Å². The van der Waals surface area contributed by atoms with Crippen LogP contribution < -0.4 is 10.6 Å². The van der Waals surface area contributed by atoms with Crippen LogP contribution >= 0.6 is 0 Å². The van der Waals surface area contributed by atoms with Crippen LogP contribution in [-0.4, -0.2) is 56.1 Å². The van der Waals surface area contributed by atoms with E-state index >= 15 is 0 Å². The predicted octanol–water partition coefficient (Wildman–Crippen LogP) is 0.725. The average molecular weight is 343 g/mol. The standard InChI is InChI=1S/C15H25N3O6/c1-4-5-6-23-15(21)17-12(14(20)22-3)9-16-13(19)8-11-7-10(2)18-24-11/h11-12H,4-9H2,1-3H3,(H,16,19)(H,17,21)/t11-,12?/m1/s1. The summed E-state index contributed by atoms with van der Waals surface area (Å²) in [5.74, 6) is -0.973. The van der Waals surface area contributed by atoms with Gasteiger partial charge in [-0.2, -0.15) is 0 Å². The van der Waals surface area contributed by atoms with Crippen molar-refractivity contribution in [2.75, 3.05) is 20.3 Å². The second-order valence-corrected chi connectivity index (χ2v) is 5.48. The van der Waals surface area contributed by atoms with Gasteiger partial charge in [-0.15, -0.1) is 0 Å². The Morgan fingerprint density at radius 1 is 1.42 bits per heavy atom. The molecule has 0 saturated carbocycles. The molecular weight excluding hydrogens is 318 g/mol. The number of rotatable bonds is 9.